The number of anilines is 4. The third kappa shape index (κ3) is 9.81. The van der Waals surface area contributed by atoms with E-state index in [1.54, 1.807) is 55.5 Å². The first kappa shape index (κ1) is 34.0. The third-order valence-electron chi connectivity index (χ3n) is 6.86. The molecule has 12 nitrogen and oxygen atoms in total. The van der Waals surface area contributed by atoms with E-state index < -0.39 is 11.6 Å². The van der Waals surface area contributed by atoms with E-state index in [9.17, 15) is 20.4 Å². The van der Waals surface area contributed by atoms with Gasteiger partial charge in [0.05, 0.1) is 22.7 Å². The Morgan fingerprint density at radius 3 is 1.09 bits per heavy atom. The summed E-state index contributed by atoms with van der Waals surface area (Å²) < 4.78 is 25.6. The SMILES string of the molecule is CC(O)Nc1ccccc1OCC(COc1ccccc1NCO)(COc1ccccc1NCO)COc1ccccc1NCO. The van der Waals surface area contributed by atoms with Crippen LogP contribution in [-0.4, -0.2) is 73.3 Å². The predicted molar refractivity (Wildman–Crippen MR) is 178 cm³/mol. The number of nitrogens with one attached hydrogen (secondary N) is 4. The second-order valence-corrected chi connectivity index (χ2v) is 10.5. The topological polar surface area (TPSA) is 166 Å². The van der Waals surface area contributed by atoms with E-state index in [-0.39, 0.29) is 46.6 Å². The Hall–Kier alpha value is -4.88. The van der Waals surface area contributed by atoms with Crippen LogP contribution in [-0.2, 0) is 0 Å². The minimum absolute atomic E-state index is 0.0479. The van der Waals surface area contributed by atoms with Crippen molar-refractivity contribution in [2.24, 2.45) is 5.41 Å². The zero-order chi connectivity index (χ0) is 32.6. The zero-order valence-electron chi connectivity index (χ0n) is 25.7. The van der Waals surface area contributed by atoms with Crippen molar-refractivity contribution in [2.75, 3.05) is 67.9 Å². The molecule has 246 valence electrons. The van der Waals surface area contributed by atoms with E-state index in [2.05, 4.69) is 21.3 Å². The van der Waals surface area contributed by atoms with Crippen LogP contribution in [0.1, 0.15) is 6.92 Å². The second kappa shape index (κ2) is 17.6. The zero-order valence-corrected chi connectivity index (χ0v) is 25.7. The third-order valence-corrected chi connectivity index (χ3v) is 6.86. The lowest BCUT2D eigenvalue weighted by Crippen LogP contribution is -2.45. The molecule has 0 fully saturated rings. The molecule has 0 heterocycles. The van der Waals surface area contributed by atoms with Gasteiger partial charge in [-0.25, -0.2) is 0 Å². The quantitative estimate of drug-likeness (QED) is 0.0657. The summed E-state index contributed by atoms with van der Waals surface area (Å²) in [6.07, 6.45) is -0.814. The lowest BCUT2D eigenvalue weighted by atomic mass is 9.92. The lowest BCUT2D eigenvalue weighted by molar-refractivity contribution is -0.00294. The first-order chi connectivity index (χ1) is 22.5. The van der Waals surface area contributed by atoms with Gasteiger partial charge in [0.1, 0.15) is 81.3 Å². The van der Waals surface area contributed by atoms with Crippen molar-refractivity contribution in [3.05, 3.63) is 97.1 Å². The van der Waals surface area contributed by atoms with Gasteiger partial charge in [0.25, 0.3) is 0 Å². The molecule has 0 saturated carbocycles. The molecule has 12 heteroatoms. The van der Waals surface area contributed by atoms with Crippen LogP contribution in [0.25, 0.3) is 0 Å². The van der Waals surface area contributed by atoms with Gasteiger partial charge in [-0.15, -0.1) is 0 Å². The van der Waals surface area contributed by atoms with Crippen LogP contribution in [0.15, 0.2) is 97.1 Å². The van der Waals surface area contributed by atoms with Gasteiger partial charge < -0.3 is 60.6 Å². The Balaban J connectivity index is 1.71. The largest absolute Gasteiger partial charge is 0.490 e. The fourth-order valence-electron chi connectivity index (χ4n) is 4.58. The first-order valence-electron chi connectivity index (χ1n) is 14.8. The molecule has 1 unspecified atom stereocenters. The van der Waals surface area contributed by atoms with Crippen molar-refractivity contribution in [1.29, 1.82) is 0 Å². The van der Waals surface area contributed by atoms with Crippen molar-refractivity contribution in [1.82, 2.24) is 0 Å². The van der Waals surface area contributed by atoms with Gasteiger partial charge >= 0.3 is 0 Å². The summed E-state index contributed by atoms with van der Waals surface area (Å²) in [5.41, 5.74) is 1.42. The van der Waals surface area contributed by atoms with Crippen molar-refractivity contribution in [2.45, 2.75) is 13.2 Å². The fourth-order valence-corrected chi connectivity index (χ4v) is 4.58. The summed E-state index contributed by atoms with van der Waals surface area (Å²) in [6, 6.07) is 29.0. The maximum Gasteiger partial charge on any atom is 0.142 e. The molecule has 0 aliphatic heterocycles. The summed E-state index contributed by atoms with van der Waals surface area (Å²) in [7, 11) is 0. The van der Waals surface area contributed by atoms with E-state index in [1.807, 2.05) is 48.5 Å². The van der Waals surface area contributed by atoms with Crippen LogP contribution >= 0.6 is 0 Å². The predicted octanol–water partition coefficient (Wildman–Crippen LogP) is 4.12. The Morgan fingerprint density at radius 2 is 0.783 bits per heavy atom. The van der Waals surface area contributed by atoms with Crippen LogP contribution in [0.3, 0.4) is 0 Å². The van der Waals surface area contributed by atoms with Gasteiger partial charge in [-0.2, -0.15) is 0 Å². The van der Waals surface area contributed by atoms with Crippen molar-refractivity contribution in [3.63, 3.8) is 0 Å². The monoisotopic (exact) mass is 634 g/mol. The number of aliphatic hydroxyl groups is 4. The van der Waals surface area contributed by atoms with E-state index in [4.69, 9.17) is 18.9 Å². The van der Waals surface area contributed by atoms with Gasteiger partial charge in [-0.05, 0) is 55.5 Å². The number of benzene rings is 4. The number of hydrogen-bond donors (Lipinski definition) is 8. The Labute approximate surface area is 268 Å². The van der Waals surface area contributed by atoms with Crippen LogP contribution in [0.4, 0.5) is 22.7 Å². The average Bonchev–Trinajstić information content (AvgIpc) is 3.06. The minimum atomic E-state index is -0.983. The molecule has 8 N–H and O–H groups in total. The number of ether oxygens (including phenoxy) is 4. The molecule has 1 atom stereocenters. The Kier molecular flexibility index (Phi) is 13.0. The van der Waals surface area contributed by atoms with Gasteiger partial charge in [0.2, 0.25) is 0 Å². The molecule has 0 bridgehead atoms. The highest BCUT2D eigenvalue weighted by Crippen LogP contribution is 2.34. The molecule has 4 rings (SSSR count). The van der Waals surface area contributed by atoms with Gasteiger partial charge in [0.15, 0.2) is 0 Å². The number of hydrogen-bond acceptors (Lipinski definition) is 12. The Morgan fingerprint density at radius 1 is 0.500 bits per heavy atom. The second-order valence-electron chi connectivity index (χ2n) is 10.5. The number of para-hydroxylation sites is 8. The summed E-state index contributed by atoms with van der Waals surface area (Å²) in [4.78, 5) is 0. The smallest absolute Gasteiger partial charge is 0.142 e. The first-order valence-corrected chi connectivity index (χ1v) is 14.8. The molecule has 0 saturated heterocycles. The average molecular weight is 635 g/mol. The van der Waals surface area contributed by atoms with Crippen LogP contribution in [0.5, 0.6) is 23.0 Å². The molecule has 46 heavy (non-hydrogen) atoms. The standard InChI is InChI=1S/C34H42N4O8/c1-25(42)38-29-13-5-9-17-33(29)46-21-34(18-43-30-14-6-2-10-26(30)35-22-39,19-44-31-15-7-3-11-27(31)36-23-40)20-45-32-16-8-4-12-28(32)37-24-41/h2-17,25,35-42H,18-24H2,1H3. The summed E-state index contributed by atoms with van der Waals surface area (Å²) >= 11 is 0. The molecule has 0 aromatic heterocycles. The highest BCUT2D eigenvalue weighted by Gasteiger charge is 2.37. The van der Waals surface area contributed by atoms with Gasteiger partial charge in [-0.3, -0.25) is 0 Å². The summed E-state index contributed by atoms with van der Waals surface area (Å²) in [6.45, 7) is 0.971. The van der Waals surface area contributed by atoms with Gasteiger partial charge in [0, 0.05) is 0 Å². The lowest BCUT2D eigenvalue weighted by Gasteiger charge is -2.34. The van der Waals surface area contributed by atoms with Crippen LogP contribution in [0.2, 0.25) is 0 Å². The molecule has 4 aromatic carbocycles. The normalized spacial score (nSPS) is 11.7. The maximum absolute atomic E-state index is 10.0. The highest BCUT2D eigenvalue weighted by molar-refractivity contribution is 5.58. The maximum atomic E-state index is 10.0. The van der Waals surface area contributed by atoms with E-state index in [0.29, 0.717) is 45.7 Å². The Bertz CT molecular complexity index is 1360. The summed E-state index contributed by atoms with van der Waals surface area (Å²) in [5, 5.41) is 50.3. The molecular formula is C34H42N4O8. The highest BCUT2D eigenvalue weighted by atomic mass is 16.5. The van der Waals surface area contributed by atoms with Crippen LogP contribution < -0.4 is 40.2 Å². The fraction of sp³-hybridized carbons (Fsp3) is 0.294. The number of rotatable bonds is 20. The molecule has 0 spiro atoms. The molecule has 0 amide bonds. The molecule has 0 radical (unpaired) electrons. The van der Waals surface area contributed by atoms with Crippen molar-refractivity contribution >= 4 is 22.7 Å². The molecule has 0 aliphatic carbocycles. The minimum Gasteiger partial charge on any atom is -0.490 e. The van der Waals surface area contributed by atoms with Crippen molar-refractivity contribution < 1.29 is 39.4 Å². The van der Waals surface area contributed by atoms with Crippen molar-refractivity contribution in [3.8, 4) is 23.0 Å². The van der Waals surface area contributed by atoms with E-state index in [1.165, 1.54) is 0 Å². The summed E-state index contributed by atoms with van der Waals surface area (Å²) in [5.74, 6) is 2.00. The molecular weight excluding hydrogens is 592 g/mol. The number of aliphatic hydroxyl groups excluding tert-OH is 4. The van der Waals surface area contributed by atoms with E-state index in [0.717, 1.165) is 0 Å². The molecule has 4 aromatic rings. The van der Waals surface area contributed by atoms with Crippen LogP contribution in [0, 0.1) is 5.41 Å². The van der Waals surface area contributed by atoms with E-state index >= 15 is 0 Å². The molecule has 0 aliphatic rings. The van der Waals surface area contributed by atoms with Gasteiger partial charge in [-0.1, -0.05) is 48.5 Å².